The van der Waals surface area contributed by atoms with Crippen molar-refractivity contribution in [2.75, 3.05) is 106 Å². The van der Waals surface area contributed by atoms with Crippen molar-refractivity contribution in [1.29, 1.82) is 0 Å². The SMILES string of the molecule is COCCOCCOCCN(CCCC(=O)NCCN1C(=O)CC(S)C1=O)c1cc(COc2cc3c(cc2OC)C(=O)N2c4ccccc4CC2C(S(=O)(=O)O)N3)cc(COc2cc3c(cc2OC)C(=O)N2c4ccccc4CC2C(S(=O)(=O)O)N3)c1. The number of thiol groups is 1. The van der Waals surface area contributed by atoms with E-state index in [-0.39, 0.29) is 123 Å². The van der Waals surface area contributed by atoms with Crippen LogP contribution < -0.4 is 49.6 Å². The van der Waals surface area contributed by atoms with Crippen LogP contribution in [0.1, 0.15) is 62.2 Å². The van der Waals surface area contributed by atoms with Crippen molar-refractivity contribution >= 4 is 90.8 Å². The minimum Gasteiger partial charge on any atom is -0.493 e. The molecule has 5 N–H and O–H groups in total. The highest BCUT2D eigenvalue weighted by atomic mass is 32.2. The number of methoxy groups -OCH3 is 3. The zero-order chi connectivity index (χ0) is 61.7. The zero-order valence-electron chi connectivity index (χ0n) is 47.8. The van der Waals surface area contributed by atoms with E-state index in [4.69, 9.17) is 33.2 Å². The monoisotopic (exact) mass is 1260 g/mol. The highest BCUT2D eigenvalue weighted by Gasteiger charge is 2.49. The van der Waals surface area contributed by atoms with E-state index in [9.17, 15) is 49.9 Å². The summed E-state index contributed by atoms with van der Waals surface area (Å²) in [6.45, 7) is 1.93. The van der Waals surface area contributed by atoms with Crippen molar-refractivity contribution in [2.24, 2.45) is 0 Å². The Morgan fingerprint density at radius 2 is 1.16 bits per heavy atom. The second-order valence-corrected chi connectivity index (χ2v) is 25.0. The van der Waals surface area contributed by atoms with E-state index in [0.717, 1.165) is 16.0 Å². The summed E-state index contributed by atoms with van der Waals surface area (Å²) in [6, 6.07) is 23.3. The second-order valence-electron chi connectivity index (χ2n) is 21.3. The average Bonchev–Trinajstić information content (AvgIpc) is 1.98. The van der Waals surface area contributed by atoms with Crippen LogP contribution in [0.5, 0.6) is 23.0 Å². The van der Waals surface area contributed by atoms with Gasteiger partial charge in [0.05, 0.1) is 87.1 Å². The number of benzene rings is 5. The van der Waals surface area contributed by atoms with Crippen LogP contribution in [0.15, 0.2) is 91.0 Å². The molecule has 5 atom stereocenters. The first-order valence-corrected chi connectivity index (χ1v) is 31.6. The number of likely N-dealkylation sites (tertiary alicyclic amines) is 1. The number of nitrogens with one attached hydrogen (secondary N) is 3. The Labute approximate surface area is 508 Å². The highest BCUT2D eigenvalue weighted by Crippen LogP contribution is 2.45. The molecule has 25 nitrogen and oxygen atoms in total. The first-order valence-electron chi connectivity index (χ1n) is 28.1. The fourth-order valence-electron chi connectivity index (χ4n) is 11.5. The number of rotatable bonds is 27. The summed E-state index contributed by atoms with van der Waals surface area (Å²) in [5.41, 5.74) is 4.48. The quantitative estimate of drug-likeness (QED) is 0.0179. The number of amides is 5. The number of para-hydroxylation sites is 2. The van der Waals surface area contributed by atoms with E-state index in [0.29, 0.717) is 67.5 Å². The van der Waals surface area contributed by atoms with Gasteiger partial charge in [-0.15, -0.1) is 0 Å². The van der Waals surface area contributed by atoms with Gasteiger partial charge in [0.1, 0.15) is 13.2 Å². The summed E-state index contributed by atoms with van der Waals surface area (Å²) in [5, 5.41) is 4.68. The van der Waals surface area contributed by atoms with Crippen LogP contribution >= 0.6 is 12.6 Å². The molecule has 28 heteroatoms. The molecule has 5 aromatic rings. The van der Waals surface area contributed by atoms with Crippen LogP contribution in [0.4, 0.5) is 28.4 Å². The first-order chi connectivity index (χ1) is 41.8. The molecule has 0 radical (unpaired) electrons. The smallest absolute Gasteiger partial charge is 0.288 e. The molecule has 5 aromatic carbocycles. The highest BCUT2D eigenvalue weighted by molar-refractivity contribution is 7.86. The molecule has 10 rings (SSSR count). The molecule has 5 unspecified atom stereocenters. The molecule has 5 aliphatic rings. The van der Waals surface area contributed by atoms with Crippen molar-refractivity contribution in [3.05, 3.63) is 124 Å². The molecule has 1 saturated heterocycles. The summed E-state index contributed by atoms with van der Waals surface area (Å²) < 4.78 is 115. The van der Waals surface area contributed by atoms with Gasteiger partial charge in [0, 0.05) is 75.3 Å². The van der Waals surface area contributed by atoms with Crippen LogP contribution in [0.2, 0.25) is 0 Å². The number of hydrogen-bond donors (Lipinski definition) is 6. The van der Waals surface area contributed by atoms with E-state index in [2.05, 4.69) is 28.6 Å². The Bertz CT molecular complexity index is 3500. The number of fused-ring (bicyclic) bond motifs is 8. The van der Waals surface area contributed by atoms with Crippen LogP contribution in [0.3, 0.4) is 0 Å². The Morgan fingerprint density at radius 1 is 0.655 bits per heavy atom. The molecule has 0 bridgehead atoms. The van der Waals surface area contributed by atoms with Gasteiger partial charge in [-0.2, -0.15) is 29.5 Å². The third-order valence-corrected chi connectivity index (χ3v) is 18.2. The minimum absolute atomic E-state index is 0.00772. The number of nitrogens with zero attached hydrogens (tertiary/aromatic N) is 4. The van der Waals surface area contributed by atoms with E-state index < -0.39 is 66.0 Å². The van der Waals surface area contributed by atoms with Crippen LogP contribution in [0.25, 0.3) is 0 Å². The summed E-state index contributed by atoms with van der Waals surface area (Å²) in [6.07, 6.45) is 0.690. The predicted molar refractivity (Wildman–Crippen MR) is 323 cm³/mol. The molecular formula is C59H67N7O18S3. The lowest BCUT2D eigenvalue weighted by atomic mass is 10.1. The van der Waals surface area contributed by atoms with Gasteiger partial charge < -0.3 is 63.8 Å². The van der Waals surface area contributed by atoms with Crippen LogP contribution in [0, 0.1) is 0 Å². The van der Waals surface area contributed by atoms with Crippen molar-refractivity contribution in [3.63, 3.8) is 0 Å². The molecule has 0 aromatic heterocycles. The van der Waals surface area contributed by atoms with Crippen molar-refractivity contribution in [3.8, 4) is 23.0 Å². The van der Waals surface area contributed by atoms with Gasteiger partial charge in [0.15, 0.2) is 33.7 Å². The van der Waals surface area contributed by atoms with Crippen molar-refractivity contribution in [1.82, 2.24) is 10.2 Å². The number of imide groups is 1. The Balaban J connectivity index is 0.955. The third kappa shape index (κ3) is 13.7. The Hall–Kier alpha value is -7.70. The normalized spacial score (nSPS) is 19.4. The summed E-state index contributed by atoms with van der Waals surface area (Å²) in [7, 11) is -5.27. The maximum atomic E-state index is 14.5. The number of carbonyl (C=O) groups is 5. The van der Waals surface area contributed by atoms with E-state index >= 15 is 0 Å². The number of carbonyl (C=O) groups excluding carboxylic acids is 5. The lowest BCUT2D eigenvalue weighted by molar-refractivity contribution is -0.138. The minimum atomic E-state index is -4.81. The Kier molecular flexibility index (Phi) is 19.2. The van der Waals surface area contributed by atoms with Crippen LogP contribution in [-0.2, 0) is 74.9 Å². The standard InChI is InChI=1S/C59H67N7O18S3/c1-78-19-20-82-22-21-81-18-17-63(15-8-13-53(67)60-14-16-64-54(68)32-52(85)59(64)71)39-24-35(33-83-50-30-42-40(28-48(50)79-2)57(69)65-44-11-6-4-9-37(44)26-46(65)55(61-42)86(72,73)74)23-36(25-39)34-84-51-31-43-41(29-49(51)80-3)58(70)66-45-12-7-5-10-38(45)27-47(66)56(62-43)87(75,76)77/h4-7,9-12,23-25,28-31,46-47,52,55-56,61-62,85H,8,13-22,26-27,32-34H2,1-3H3,(H,60,67)(H,72,73,74)(H,75,76,77). The van der Waals surface area contributed by atoms with Gasteiger partial charge in [-0.25, -0.2) is 0 Å². The van der Waals surface area contributed by atoms with Gasteiger partial charge in [0.2, 0.25) is 17.7 Å². The Morgan fingerprint density at radius 3 is 1.64 bits per heavy atom. The lowest BCUT2D eigenvalue weighted by Gasteiger charge is -2.27. The largest absolute Gasteiger partial charge is 0.493 e. The number of anilines is 5. The van der Waals surface area contributed by atoms with Gasteiger partial charge in [0.25, 0.3) is 32.1 Å². The molecule has 0 saturated carbocycles. The molecule has 5 heterocycles. The van der Waals surface area contributed by atoms with Crippen molar-refractivity contribution in [2.45, 2.75) is 73.4 Å². The molecule has 0 aliphatic carbocycles. The fraction of sp³-hybridized carbons (Fsp3) is 0.407. The average molecular weight is 1260 g/mol. The van der Waals surface area contributed by atoms with Crippen molar-refractivity contribution < 1.29 is 83.1 Å². The maximum Gasteiger partial charge on any atom is 0.288 e. The maximum absolute atomic E-state index is 14.5. The van der Waals surface area contributed by atoms with E-state index in [1.807, 2.05) is 17.0 Å². The fourth-order valence-corrected chi connectivity index (χ4v) is 13.6. The predicted octanol–water partition coefficient (Wildman–Crippen LogP) is 4.72. The summed E-state index contributed by atoms with van der Waals surface area (Å²) in [4.78, 5) is 72.7. The van der Waals surface area contributed by atoms with Gasteiger partial charge in [-0.05, 0) is 84.0 Å². The van der Waals surface area contributed by atoms with E-state index in [1.165, 1.54) is 48.3 Å². The molecular weight excluding hydrogens is 1190 g/mol. The molecule has 0 spiro atoms. The molecule has 5 aliphatic heterocycles. The second kappa shape index (κ2) is 26.7. The molecule has 1 fully saturated rings. The number of hydrogen-bond acceptors (Lipinski definition) is 20. The van der Waals surface area contributed by atoms with E-state index in [1.54, 1.807) is 61.7 Å². The van der Waals surface area contributed by atoms with Gasteiger partial charge in [-0.3, -0.25) is 38.0 Å². The van der Waals surface area contributed by atoms with Crippen LogP contribution in [-0.4, -0.2) is 169 Å². The zero-order valence-corrected chi connectivity index (χ0v) is 50.4. The topological polar surface area (TPSA) is 308 Å². The summed E-state index contributed by atoms with van der Waals surface area (Å²) in [5.74, 6) is -1.65. The van der Waals surface area contributed by atoms with Gasteiger partial charge >= 0.3 is 0 Å². The summed E-state index contributed by atoms with van der Waals surface area (Å²) >= 11 is 4.18. The van der Waals surface area contributed by atoms with Gasteiger partial charge in [-0.1, -0.05) is 36.4 Å². The third-order valence-electron chi connectivity index (χ3n) is 15.7. The lowest BCUT2D eigenvalue weighted by Crippen LogP contribution is -2.49. The molecule has 5 amide bonds. The first kappa shape index (κ1) is 62.4. The molecule has 464 valence electrons. The number of ether oxygens (including phenoxy) is 7. The molecule has 87 heavy (non-hydrogen) atoms.